The van der Waals surface area contributed by atoms with Crippen LogP contribution < -0.4 is 0 Å². The Morgan fingerprint density at radius 1 is 1.11 bits per heavy atom. The van der Waals surface area contributed by atoms with Gasteiger partial charge in [0.1, 0.15) is 6.04 Å². The monoisotopic (exact) mass is 259 g/mol. The third-order valence-electron chi connectivity index (χ3n) is 3.01. The van der Waals surface area contributed by atoms with E-state index in [1.807, 2.05) is 20.8 Å². The zero-order valence-electron chi connectivity index (χ0n) is 11.7. The maximum Gasteiger partial charge on any atom is 0.321 e. The fourth-order valence-corrected chi connectivity index (χ4v) is 2.00. The van der Waals surface area contributed by atoms with Crippen molar-refractivity contribution in [2.75, 3.05) is 13.1 Å². The van der Waals surface area contributed by atoms with Crippen molar-refractivity contribution in [3.05, 3.63) is 0 Å². The normalized spacial score (nSPS) is 14.8. The molecule has 0 rings (SSSR count). The van der Waals surface area contributed by atoms with Gasteiger partial charge in [0.2, 0.25) is 0 Å². The van der Waals surface area contributed by atoms with Crippen LogP contribution in [0.3, 0.4) is 0 Å². The van der Waals surface area contributed by atoms with Crippen LogP contribution in [0.1, 0.15) is 40.5 Å². The molecule has 0 saturated heterocycles. The van der Waals surface area contributed by atoms with Crippen LogP contribution in [-0.2, 0) is 9.59 Å². The Labute approximate surface area is 109 Å². The fourth-order valence-electron chi connectivity index (χ4n) is 2.00. The summed E-state index contributed by atoms with van der Waals surface area (Å²) in [6, 6.07) is -0.613. The van der Waals surface area contributed by atoms with E-state index in [0.717, 1.165) is 12.8 Å². The van der Waals surface area contributed by atoms with E-state index in [1.54, 1.807) is 11.8 Å². The molecular weight excluding hydrogens is 234 g/mol. The van der Waals surface area contributed by atoms with E-state index in [2.05, 4.69) is 0 Å². The standard InChI is InChI=1S/C13H25NO4/c1-5-6-7-14(8-10(4)12(15)16)11(9(2)3)13(17)18/h9-11H,5-8H2,1-4H3,(H,15,16)(H,17,18). The van der Waals surface area contributed by atoms with Crippen molar-refractivity contribution in [1.29, 1.82) is 0 Å². The maximum atomic E-state index is 11.3. The molecule has 18 heavy (non-hydrogen) atoms. The highest BCUT2D eigenvalue weighted by atomic mass is 16.4. The first-order chi connectivity index (χ1) is 8.31. The molecule has 0 fully saturated rings. The summed E-state index contributed by atoms with van der Waals surface area (Å²) in [7, 11) is 0. The average molecular weight is 259 g/mol. The fraction of sp³-hybridized carbons (Fsp3) is 0.846. The number of carboxylic acids is 2. The molecular formula is C13H25NO4. The molecule has 0 aromatic carbocycles. The Hall–Kier alpha value is -1.10. The molecule has 0 aliphatic heterocycles. The molecule has 0 aliphatic carbocycles. The van der Waals surface area contributed by atoms with Gasteiger partial charge >= 0.3 is 11.9 Å². The zero-order chi connectivity index (χ0) is 14.3. The zero-order valence-corrected chi connectivity index (χ0v) is 11.7. The first-order valence-electron chi connectivity index (χ1n) is 6.50. The lowest BCUT2D eigenvalue weighted by Crippen LogP contribution is -2.47. The molecule has 0 aromatic heterocycles. The third kappa shape index (κ3) is 5.49. The smallest absolute Gasteiger partial charge is 0.321 e. The quantitative estimate of drug-likeness (QED) is 0.661. The first-order valence-corrected chi connectivity index (χ1v) is 6.50. The number of carboxylic acid groups (broad SMARTS) is 2. The van der Waals surface area contributed by atoms with Gasteiger partial charge in [0.05, 0.1) is 5.92 Å². The van der Waals surface area contributed by atoms with Crippen molar-refractivity contribution in [2.45, 2.75) is 46.6 Å². The van der Waals surface area contributed by atoms with E-state index in [9.17, 15) is 14.7 Å². The summed E-state index contributed by atoms with van der Waals surface area (Å²) >= 11 is 0. The van der Waals surface area contributed by atoms with Crippen molar-refractivity contribution >= 4 is 11.9 Å². The molecule has 0 aliphatic rings. The lowest BCUT2D eigenvalue weighted by Gasteiger charge is -2.32. The van der Waals surface area contributed by atoms with E-state index in [-0.39, 0.29) is 12.5 Å². The number of hydrogen-bond acceptors (Lipinski definition) is 3. The Kier molecular flexibility index (Phi) is 7.59. The van der Waals surface area contributed by atoms with Gasteiger partial charge in [-0.15, -0.1) is 0 Å². The van der Waals surface area contributed by atoms with Crippen molar-refractivity contribution in [1.82, 2.24) is 4.90 Å². The van der Waals surface area contributed by atoms with Gasteiger partial charge in [0.25, 0.3) is 0 Å². The van der Waals surface area contributed by atoms with Crippen LogP contribution in [0.2, 0.25) is 0 Å². The average Bonchev–Trinajstić information content (AvgIpc) is 2.24. The van der Waals surface area contributed by atoms with E-state index in [1.165, 1.54) is 0 Å². The minimum absolute atomic E-state index is 0.0413. The van der Waals surface area contributed by atoms with E-state index in [0.29, 0.717) is 6.54 Å². The number of unbranched alkanes of at least 4 members (excludes halogenated alkanes) is 1. The Morgan fingerprint density at radius 3 is 2.00 bits per heavy atom. The van der Waals surface area contributed by atoms with E-state index >= 15 is 0 Å². The number of carbonyl (C=O) groups is 2. The van der Waals surface area contributed by atoms with Crippen LogP contribution in [0.4, 0.5) is 0 Å². The molecule has 0 saturated carbocycles. The summed E-state index contributed by atoms with van der Waals surface area (Å²) in [5.41, 5.74) is 0. The van der Waals surface area contributed by atoms with Crippen LogP contribution in [0, 0.1) is 11.8 Å². The summed E-state index contributed by atoms with van der Waals surface area (Å²) in [5.74, 6) is -2.36. The molecule has 2 atom stereocenters. The Balaban J connectivity index is 4.82. The number of rotatable bonds is 9. The molecule has 5 heteroatoms. The van der Waals surface area contributed by atoms with Gasteiger partial charge in [-0.1, -0.05) is 34.1 Å². The SMILES string of the molecule is CCCCN(CC(C)C(=O)O)C(C(=O)O)C(C)C. The van der Waals surface area contributed by atoms with Crippen LogP contribution >= 0.6 is 0 Å². The van der Waals surface area contributed by atoms with Gasteiger partial charge in [0.15, 0.2) is 0 Å². The topological polar surface area (TPSA) is 77.8 Å². The van der Waals surface area contributed by atoms with Crippen LogP contribution in [0.15, 0.2) is 0 Å². The molecule has 0 spiro atoms. The predicted molar refractivity (Wildman–Crippen MR) is 69.5 cm³/mol. The van der Waals surface area contributed by atoms with Crippen LogP contribution in [0.5, 0.6) is 0 Å². The van der Waals surface area contributed by atoms with Gasteiger partial charge in [-0.25, -0.2) is 0 Å². The molecule has 0 radical (unpaired) electrons. The Morgan fingerprint density at radius 2 is 1.67 bits per heavy atom. The summed E-state index contributed by atoms with van der Waals surface area (Å²) in [6.45, 7) is 8.25. The van der Waals surface area contributed by atoms with Crippen LogP contribution in [0.25, 0.3) is 0 Å². The molecule has 2 unspecified atom stereocenters. The van der Waals surface area contributed by atoms with Gasteiger partial charge in [-0.05, 0) is 18.9 Å². The molecule has 0 heterocycles. The highest BCUT2D eigenvalue weighted by Crippen LogP contribution is 2.15. The third-order valence-corrected chi connectivity index (χ3v) is 3.01. The summed E-state index contributed by atoms with van der Waals surface area (Å²) in [6.07, 6.45) is 1.84. The van der Waals surface area contributed by atoms with Crippen molar-refractivity contribution in [3.8, 4) is 0 Å². The van der Waals surface area contributed by atoms with Crippen molar-refractivity contribution in [2.24, 2.45) is 11.8 Å². The van der Waals surface area contributed by atoms with Gasteiger partial charge in [-0.3, -0.25) is 14.5 Å². The molecule has 2 N–H and O–H groups in total. The maximum absolute atomic E-state index is 11.3. The molecule has 5 nitrogen and oxygen atoms in total. The Bertz CT molecular complexity index is 278. The second-order valence-corrected chi connectivity index (χ2v) is 5.11. The van der Waals surface area contributed by atoms with Crippen molar-refractivity contribution < 1.29 is 19.8 Å². The van der Waals surface area contributed by atoms with E-state index < -0.39 is 23.9 Å². The highest BCUT2D eigenvalue weighted by Gasteiger charge is 2.30. The van der Waals surface area contributed by atoms with Crippen molar-refractivity contribution in [3.63, 3.8) is 0 Å². The lowest BCUT2D eigenvalue weighted by molar-refractivity contribution is -0.148. The first kappa shape index (κ1) is 16.9. The van der Waals surface area contributed by atoms with Gasteiger partial charge < -0.3 is 10.2 Å². The summed E-state index contributed by atoms with van der Waals surface area (Å²) in [5, 5.41) is 18.2. The molecule has 0 bridgehead atoms. The molecule has 0 amide bonds. The minimum Gasteiger partial charge on any atom is -0.481 e. The molecule has 0 aromatic rings. The van der Waals surface area contributed by atoms with Gasteiger partial charge in [-0.2, -0.15) is 0 Å². The second-order valence-electron chi connectivity index (χ2n) is 5.11. The minimum atomic E-state index is -0.885. The molecule has 106 valence electrons. The number of hydrogen-bond donors (Lipinski definition) is 2. The lowest BCUT2D eigenvalue weighted by atomic mass is 10.0. The van der Waals surface area contributed by atoms with E-state index in [4.69, 9.17) is 5.11 Å². The van der Waals surface area contributed by atoms with Crippen LogP contribution in [-0.4, -0.2) is 46.2 Å². The van der Waals surface area contributed by atoms with Gasteiger partial charge in [0, 0.05) is 6.54 Å². The summed E-state index contributed by atoms with van der Waals surface area (Å²) in [4.78, 5) is 24.0. The predicted octanol–water partition coefficient (Wildman–Crippen LogP) is 1.92. The number of aliphatic carboxylic acids is 2. The second kappa shape index (κ2) is 8.08. The summed E-state index contributed by atoms with van der Waals surface area (Å²) < 4.78 is 0. The number of nitrogens with zero attached hydrogens (tertiary/aromatic N) is 1. The highest BCUT2D eigenvalue weighted by molar-refractivity contribution is 5.74. The largest absolute Gasteiger partial charge is 0.481 e.